The molecular formula is C12H24N2O. The van der Waals surface area contributed by atoms with Crippen LogP contribution in [0.4, 0.5) is 0 Å². The summed E-state index contributed by atoms with van der Waals surface area (Å²) in [5.74, 6) is 0.300. The Kier molecular flexibility index (Phi) is 4.58. The average Bonchev–Trinajstić information content (AvgIpc) is 2.61. The van der Waals surface area contributed by atoms with Crippen molar-refractivity contribution in [3.05, 3.63) is 0 Å². The minimum Gasteiger partial charge on any atom is -0.336 e. The van der Waals surface area contributed by atoms with E-state index in [0.717, 1.165) is 32.2 Å². The number of likely N-dealkylation sites (tertiary alicyclic amines) is 1. The van der Waals surface area contributed by atoms with Crippen LogP contribution in [0.25, 0.3) is 0 Å². The lowest BCUT2D eigenvalue weighted by atomic mass is 9.99. The van der Waals surface area contributed by atoms with Crippen molar-refractivity contribution in [2.45, 2.75) is 57.9 Å². The molecule has 0 aliphatic carbocycles. The molecule has 0 spiro atoms. The van der Waals surface area contributed by atoms with Crippen LogP contribution in [0.5, 0.6) is 0 Å². The standard InChI is InChI=1S/C12H24N2O/c1-3-4-5-7-11(15)14-9-6-8-12(14,2)10-13/h3-10,13H2,1-2H3. The molecule has 1 saturated heterocycles. The first kappa shape index (κ1) is 12.5. The van der Waals surface area contributed by atoms with Crippen LogP contribution in [0.1, 0.15) is 52.4 Å². The molecule has 0 aromatic carbocycles. The lowest BCUT2D eigenvalue weighted by Gasteiger charge is -2.34. The van der Waals surface area contributed by atoms with E-state index in [2.05, 4.69) is 13.8 Å². The van der Waals surface area contributed by atoms with E-state index in [-0.39, 0.29) is 5.54 Å². The number of hydrogen-bond donors (Lipinski definition) is 1. The van der Waals surface area contributed by atoms with Gasteiger partial charge in [-0.25, -0.2) is 0 Å². The van der Waals surface area contributed by atoms with Gasteiger partial charge in [-0.1, -0.05) is 19.8 Å². The van der Waals surface area contributed by atoms with E-state index in [1.807, 2.05) is 4.90 Å². The van der Waals surface area contributed by atoms with E-state index < -0.39 is 0 Å². The molecule has 0 bridgehead atoms. The topological polar surface area (TPSA) is 46.3 Å². The highest BCUT2D eigenvalue weighted by Gasteiger charge is 2.37. The van der Waals surface area contributed by atoms with Crippen molar-refractivity contribution in [3.8, 4) is 0 Å². The smallest absolute Gasteiger partial charge is 0.223 e. The molecule has 88 valence electrons. The lowest BCUT2D eigenvalue weighted by molar-refractivity contribution is -0.134. The molecule has 1 atom stereocenters. The number of nitrogens with zero attached hydrogens (tertiary/aromatic N) is 1. The molecule has 1 rings (SSSR count). The largest absolute Gasteiger partial charge is 0.336 e. The summed E-state index contributed by atoms with van der Waals surface area (Å²) in [7, 11) is 0. The van der Waals surface area contributed by atoms with E-state index in [1.165, 1.54) is 6.42 Å². The minimum atomic E-state index is -0.0662. The lowest BCUT2D eigenvalue weighted by Crippen LogP contribution is -2.49. The average molecular weight is 212 g/mol. The number of carbonyl (C=O) groups excluding carboxylic acids is 1. The SMILES string of the molecule is CCCCCC(=O)N1CCCC1(C)CN. The first-order chi connectivity index (χ1) is 7.14. The summed E-state index contributed by atoms with van der Waals surface area (Å²) in [6.45, 7) is 5.76. The summed E-state index contributed by atoms with van der Waals surface area (Å²) in [6.07, 6.45) is 6.20. The van der Waals surface area contributed by atoms with Crippen molar-refractivity contribution in [2.24, 2.45) is 5.73 Å². The maximum absolute atomic E-state index is 12.0. The Hall–Kier alpha value is -0.570. The molecule has 2 N–H and O–H groups in total. The Morgan fingerprint density at radius 3 is 2.80 bits per heavy atom. The van der Waals surface area contributed by atoms with Gasteiger partial charge in [0.2, 0.25) is 5.91 Å². The van der Waals surface area contributed by atoms with E-state index >= 15 is 0 Å². The Bertz CT molecular complexity index is 218. The second-order valence-electron chi connectivity index (χ2n) is 4.81. The molecule has 3 heteroatoms. The predicted octanol–water partition coefficient (Wildman–Crippen LogP) is 1.91. The Labute approximate surface area is 93.0 Å². The van der Waals surface area contributed by atoms with Gasteiger partial charge in [-0.05, 0) is 26.2 Å². The van der Waals surface area contributed by atoms with E-state index in [9.17, 15) is 4.79 Å². The number of hydrogen-bond acceptors (Lipinski definition) is 2. The highest BCUT2D eigenvalue weighted by atomic mass is 16.2. The van der Waals surface area contributed by atoms with Crippen LogP contribution >= 0.6 is 0 Å². The van der Waals surface area contributed by atoms with Gasteiger partial charge in [0, 0.05) is 19.5 Å². The van der Waals surface area contributed by atoms with E-state index in [1.54, 1.807) is 0 Å². The molecule has 1 amide bonds. The van der Waals surface area contributed by atoms with Gasteiger partial charge in [0.1, 0.15) is 0 Å². The quantitative estimate of drug-likeness (QED) is 0.708. The number of nitrogens with two attached hydrogens (primary N) is 1. The fourth-order valence-corrected chi connectivity index (χ4v) is 2.32. The molecule has 1 aliphatic rings. The molecule has 0 aromatic rings. The third kappa shape index (κ3) is 2.94. The third-order valence-electron chi connectivity index (χ3n) is 3.48. The number of amides is 1. The van der Waals surface area contributed by atoms with Crippen LogP contribution in [0, 0.1) is 0 Å². The van der Waals surface area contributed by atoms with Crippen LogP contribution in [-0.4, -0.2) is 29.4 Å². The van der Waals surface area contributed by atoms with Crippen molar-refractivity contribution in [2.75, 3.05) is 13.1 Å². The van der Waals surface area contributed by atoms with Gasteiger partial charge in [-0.3, -0.25) is 4.79 Å². The van der Waals surface area contributed by atoms with E-state index in [4.69, 9.17) is 5.73 Å². The summed E-state index contributed by atoms with van der Waals surface area (Å²) in [6, 6.07) is 0. The van der Waals surface area contributed by atoms with Gasteiger partial charge in [0.25, 0.3) is 0 Å². The molecule has 3 nitrogen and oxygen atoms in total. The summed E-state index contributed by atoms with van der Waals surface area (Å²) in [4.78, 5) is 14.0. The molecule has 0 radical (unpaired) electrons. The maximum atomic E-state index is 12.0. The summed E-state index contributed by atoms with van der Waals surface area (Å²) >= 11 is 0. The van der Waals surface area contributed by atoms with Gasteiger partial charge in [0.05, 0.1) is 5.54 Å². The number of carbonyl (C=O) groups is 1. The molecule has 0 aromatic heterocycles. The molecule has 1 unspecified atom stereocenters. The van der Waals surface area contributed by atoms with Crippen molar-refractivity contribution in [1.82, 2.24) is 4.90 Å². The predicted molar refractivity (Wildman–Crippen MR) is 62.5 cm³/mol. The van der Waals surface area contributed by atoms with Gasteiger partial charge >= 0.3 is 0 Å². The molecule has 0 saturated carbocycles. The summed E-state index contributed by atoms with van der Waals surface area (Å²) in [5, 5.41) is 0. The zero-order chi connectivity index (χ0) is 11.3. The van der Waals surface area contributed by atoms with Crippen molar-refractivity contribution in [3.63, 3.8) is 0 Å². The summed E-state index contributed by atoms with van der Waals surface area (Å²) < 4.78 is 0. The number of unbranched alkanes of at least 4 members (excludes halogenated alkanes) is 2. The van der Waals surface area contributed by atoms with Crippen LogP contribution in [-0.2, 0) is 4.79 Å². The van der Waals surface area contributed by atoms with Gasteiger partial charge in [-0.15, -0.1) is 0 Å². The normalized spacial score (nSPS) is 25.9. The van der Waals surface area contributed by atoms with Gasteiger partial charge in [-0.2, -0.15) is 0 Å². The van der Waals surface area contributed by atoms with Crippen molar-refractivity contribution < 1.29 is 4.79 Å². The molecule has 1 aliphatic heterocycles. The maximum Gasteiger partial charge on any atom is 0.223 e. The highest BCUT2D eigenvalue weighted by Crippen LogP contribution is 2.28. The second-order valence-corrected chi connectivity index (χ2v) is 4.81. The van der Waals surface area contributed by atoms with Gasteiger partial charge in [0.15, 0.2) is 0 Å². The molecule has 1 heterocycles. The van der Waals surface area contributed by atoms with E-state index in [0.29, 0.717) is 18.9 Å². The zero-order valence-corrected chi connectivity index (χ0v) is 10.1. The van der Waals surface area contributed by atoms with Crippen LogP contribution in [0.2, 0.25) is 0 Å². The van der Waals surface area contributed by atoms with Crippen molar-refractivity contribution in [1.29, 1.82) is 0 Å². The zero-order valence-electron chi connectivity index (χ0n) is 10.1. The Balaban J connectivity index is 2.44. The molecular weight excluding hydrogens is 188 g/mol. The monoisotopic (exact) mass is 212 g/mol. The van der Waals surface area contributed by atoms with Gasteiger partial charge < -0.3 is 10.6 Å². The Morgan fingerprint density at radius 2 is 2.20 bits per heavy atom. The fourth-order valence-electron chi connectivity index (χ4n) is 2.32. The molecule has 1 fully saturated rings. The first-order valence-electron chi connectivity index (χ1n) is 6.14. The molecule has 15 heavy (non-hydrogen) atoms. The highest BCUT2D eigenvalue weighted by molar-refractivity contribution is 5.77. The fraction of sp³-hybridized carbons (Fsp3) is 0.917. The minimum absolute atomic E-state index is 0.0662. The van der Waals surface area contributed by atoms with Crippen LogP contribution in [0.15, 0.2) is 0 Å². The van der Waals surface area contributed by atoms with Crippen LogP contribution < -0.4 is 5.73 Å². The number of rotatable bonds is 5. The van der Waals surface area contributed by atoms with Crippen LogP contribution in [0.3, 0.4) is 0 Å². The first-order valence-corrected chi connectivity index (χ1v) is 6.14. The van der Waals surface area contributed by atoms with Crippen molar-refractivity contribution >= 4 is 5.91 Å². The third-order valence-corrected chi connectivity index (χ3v) is 3.48. The second kappa shape index (κ2) is 5.50. The summed E-state index contributed by atoms with van der Waals surface area (Å²) in [5.41, 5.74) is 5.69. The Morgan fingerprint density at radius 1 is 1.47 bits per heavy atom.